The molecule has 2 aromatic heterocycles. The van der Waals surface area contributed by atoms with Crippen molar-refractivity contribution in [1.82, 2.24) is 14.5 Å². The van der Waals surface area contributed by atoms with Crippen LogP contribution < -0.4 is 0 Å². The molecule has 0 saturated heterocycles. The molecule has 4 nitrogen and oxygen atoms in total. The predicted octanol–water partition coefficient (Wildman–Crippen LogP) is 17.6. The Hall–Kier alpha value is -7.82. The minimum atomic E-state index is -3.96. The summed E-state index contributed by atoms with van der Waals surface area (Å²) in [6, 6.07) is 39.4. The number of fused-ring (bicyclic) bond motifs is 1. The summed E-state index contributed by atoms with van der Waals surface area (Å²) in [5, 5.41) is 12.6. The standard InChI is InChI=1S/C65H59N3O/c1-41(2)49-37-55(42(3)4)63(69)58(38-49)64-67-62-54(25-18-26-60(62)68(64)61-40-56(46-21-14-10-15-22-46)43(5)33-57(61)47-23-16-11-17-24-47)51-34-50(44-19-12-9-13-20-44)35-52(36-51)59-39-48(31-32-66-59)45-27-29-53(30-28-45)65(6,7)8/h9-42,69H,1-8H3/i5D3,6D3,7D3,8D3,27D,28D,29D,30D,31D,32D,39D. The topological polar surface area (TPSA) is 50.9 Å². The summed E-state index contributed by atoms with van der Waals surface area (Å²) < 4.78 is 168. The molecule has 10 aromatic rings. The van der Waals surface area contributed by atoms with Gasteiger partial charge in [0.05, 0.1) is 37.6 Å². The average molecular weight is 917 g/mol. The van der Waals surface area contributed by atoms with Crippen molar-refractivity contribution < 1.29 is 31.2 Å². The van der Waals surface area contributed by atoms with Crippen LogP contribution in [0.25, 0.3) is 95.0 Å². The predicted molar refractivity (Wildman–Crippen MR) is 290 cm³/mol. The third-order valence-corrected chi connectivity index (χ3v) is 12.4. The lowest BCUT2D eigenvalue weighted by atomic mass is 9.86. The highest BCUT2D eigenvalue weighted by molar-refractivity contribution is 5.99. The number of imidazole rings is 1. The number of pyridine rings is 1. The van der Waals surface area contributed by atoms with E-state index in [4.69, 9.17) is 26.9 Å². The van der Waals surface area contributed by atoms with Crippen molar-refractivity contribution in [2.75, 3.05) is 0 Å². The number of aromatic hydroxyl groups is 1. The van der Waals surface area contributed by atoms with Crippen LogP contribution in [0.3, 0.4) is 0 Å². The monoisotopic (exact) mass is 917 g/mol. The lowest BCUT2D eigenvalue weighted by Gasteiger charge is -2.21. The van der Waals surface area contributed by atoms with Gasteiger partial charge in [-0.3, -0.25) is 9.55 Å². The van der Waals surface area contributed by atoms with E-state index >= 15 is 0 Å². The van der Waals surface area contributed by atoms with Gasteiger partial charge in [-0.1, -0.05) is 182 Å². The first-order chi connectivity index (χ1) is 41.2. The molecule has 0 amide bonds. The first-order valence-electron chi connectivity index (χ1n) is 32.2. The largest absolute Gasteiger partial charge is 0.507 e. The Morgan fingerprint density at radius 1 is 0.551 bits per heavy atom. The molecule has 0 bridgehead atoms. The number of benzene rings is 8. The van der Waals surface area contributed by atoms with Gasteiger partial charge in [0.15, 0.2) is 0 Å². The minimum absolute atomic E-state index is 0.00323. The second-order valence-electron chi connectivity index (χ2n) is 17.8. The SMILES string of the molecule is [2H]c1nc(-c2cc(-c3ccccc3)cc(-c3cccc4c3nc(-c3cc(C(C)C)cc(C(C)C)c3O)n4-c3cc(-c4ccccc4)c(C([2H])([2H])[2H])cc3-c3ccccc3)c2)c([2H])c(-c2c([2H])c([2H])c(C(C([2H])([2H])[2H])(C([2H])([2H])[2H])C([2H])([2H])[2H])c([2H])c2[2H])c1[2H]. The average Bonchev–Trinajstić information content (AvgIpc) is 1.06. The third kappa shape index (κ3) is 8.80. The Balaban J connectivity index is 1.31. The van der Waals surface area contributed by atoms with Crippen molar-refractivity contribution in [3.8, 4) is 89.7 Å². The molecule has 4 heteroatoms. The molecular weight excluding hydrogens is 839 g/mol. The van der Waals surface area contributed by atoms with Gasteiger partial charge in [0.2, 0.25) is 0 Å². The summed E-state index contributed by atoms with van der Waals surface area (Å²) in [6.45, 7) is -6.36. The molecule has 1 N–H and O–H groups in total. The van der Waals surface area contributed by atoms with Crippen molar-refractivity contribution in [2.24, 2.45) is 0 Å². The number of hydrogen-bond donors (Lipinski definition) is 1. The van der Waals surface area contributed by atoms with E-state index in [2.05, 4.69) is 18.8 Å². The molecule has 0 atom stereocenters. The van der Waals surface area contributed by atoms with Crippen molar-refractivity contribution in [3.05, 3.63) is 216 Å². The zero-order valence-electron chi connectivity index (χ0n) is 57.4. The van der Waals surface area contributed by atoms with E-state index in [-0.39, 0.29) is 34.4 Å². The zero-order valence-corrected chi connectivity index (χ0v) is 38.4. The van der Waals surface area contributed by atoms with Crippen LogP contribution in [-0.4, -0.2) is 19.6 Å². The van der Waals surface area contributed by atoms with E-state index in [0.29, 0.717) is 78.2 Å². The first-order valence-corrected chi connectivity index (χ1v) is 22.7. The number of aryl methyl sites for hydroxylation is 1. The van der Waals surface area contributed by atoms with Crippen LogP contribution in [0.15, 0.2) is 194 Å². The van der Waals surface area contributed by atoms with E-state index in [0.717, 1.165) is 5.56 Å². The molecule has 0 aliphatic rings. The van der Waals surface area contributed by atoms with E-state index in [1.807, 2.05) is 152 Å². The number of phenolic OH excluding ortho intramolecular Hbond substituents is 1. The van der Waals surface area contributed by atoms with Crippen molar-refractivity contribution >= 4 is 11.0 Å². The zero-order chi connectivity index (χ0) is 64.1. The molecule has 0 saturated carbocycles. The maximum atomic E-state index is 12.6. The molecule has 0 unspecified atom stereocenters. The summed E-state index contributed by atoms with van der Waals surface area (Å²) in [6.07, 6.45) is -0.779. The van der Waals surface area contributed by atoms with Gasteiger partial charge in [-0.15, -0.1) is 0 Å². The van der Waals surface area contributed by atoms with Crippen LogP contribution in [0.5, 0.6) is 5.75 Å². The molecule has 0 aliphatic carbocycles. The van der Waals surface area contributed by atoms with Crippen LogP contribution in [0.2, 0.25) is 0 Å². The van der Waals surface area contributed by atoms with Crippen molar-refractivity contribution in [1.29, 1.82) is 0 Å². The van der Waals surface area contributed by atoms with Crippen LogP contribution in [-0.2, 0) is 5.41 Å². The van der Waals surface area contributed by atoms with Crippen LogP contribution in [0.4, 0.5) is 0 Å². The molecule has 10 rings (SSSR count). The maximum absolute atomic E-state index is 12.6. The van der Waals surface area contributed by atoms with Gasteiger partial charge >= 0.3 is 0 Å². The molecule has 0 fully saturated rings. The van der Waals surface area contributed by atoms with Crippen LogP contribution >= 0.6 is 0 Å². The Morgan fingerprint density at radius 3 is 1.86 bits per heavy atom. The molecule has 69 heavy (non-hydrogen) atoms. The number of hydrogen-bond acceptors (Lipinski definition) is 3. The highest BCUT2D eigenvalue weighted by atomic mass is 16.3. The Kier molecular flexibility index (Phi) is 7.41. The second-order valence-corrected chi connectivity index (χ2v) is 17.8. The number of aromatic nitrogens is 3. The molecule has 0 aliphatic heterocycles. The summed E-state index contributed by atoms with van der Waals surface area (Å²) >= 11 is 0. The van der Waals surface area contributed by atoms with Gasteiger partial charge < -0.3 is 5.11 Å². The van der Waals surface area contributed by atoms with Gasteiger partial charge in [0.1, 0.15) is 11.6 Å². The molecular formula is C65H59N3O. The number of phenols is 1. The first kappa shape index (κ1) is 27.9. The Bertz CT molecular complexity index is 4290. The fraction of sp³-hybridized carbons (Fsp3) is 0.169. The molecule has 0 radical (unpaired) electrons. The van der Waals surface area contributed by atoms with Crippen LogP contribution in [0.1, 0.15) is 108 Å². The van der Waals surface area contributed by atoms with Crippen molar-refractivity contribution in [3.63, 3.8) is 0 Å². The fourth-order valence-corrected chi connectivity index (χ4v) is 8.78. The maximum Gasteiger partial charge on any atom is 0.149 e. The highest BCUT2D eigenvalue weighted by Gasteiger charge is 2.26. The Morgan fingerprint density at radius 2 is 1.20 bits per heavy atom. The molecule has 8 aromatic carbocycles. The third-order valence-electron chi connectivity index (χ3n) is 12.4. The lowest BCUT2D eigenvalue weighted by molar-refractivity contribution is 0.466. The summed E-state index contributed by atoms with van der Waals surface area (Å²) in [7, 11) is 0. The Labute approximate surface area is 434 Å². The van der Waals surface area contributed by atoms with E-state index < -0.39 is 91.9 Å². The molecule has 2 heterocycles. The van der Waals surface area contributed by atoms with E-state index in [1.165, 1.54) is 0 Å². The van der Waals surface area contributed by atoms with Crippen molar-refractivity contribution in [2.45, 2.75) is 72.4 Å². The summed E-state index contributed by atoms with van der Waals surface area (Å²) in [5.41, 5.74) is 1.18. The minimum Gasteiger partial charge on any atom is -0.507 e. The summed E-state index contributed by atoms with van der Waals surface area (Å²) in [4.78, 5) is 9.95. The van der Waals surface area contributed by atoms with Gasteiger partial charge in [0.25, 0.3) is 0 Å². The normalized spacial score (nSPS) is 16.5. The lowest BCUT2D eigenvalue weighted by Crippen LogP contribution is -2.10. The van der Waals surface area contributed by atoms with Gasteiger partial charge in [-0.2, -0.15) is 0 Å². The van der Waals surface area contributed by atoms with Crippen LogP contribution in [0, 0.1) is 6.85 Å². The smallest absolute Gasteiger partial charge is 0.149 e. The number of rotatable bonds is 10. The van der Waals surface area contributed by atoms with Gasteiger partial charge in [-0.05, 0) is 145 Å². The summed E-state index contributed by atoms with van der Waals surface area (Å²) in [5.74, 6) is 0.171. The molecule has 0 spiro atoms. The molecule has 340 valence electrons. The van der Waals surface area contributed by atoms with Gasteiger partial charge in [0, 0.05) is 39.3 Å². The fourth-order valence-electron chi connectivity index (χ4n) is 8.78. The highest BCUT2D eigenvalue weighted by Crippen LogP contribution is 2.45. The number of nitrogens with zero attached hydrogens (tertiary/aromatic N) is 3. The number of para-hydroxylation sites is 1. The second kappa shape index (κ2) is 18.3. The van der Waals surface area contributed by atoms with E-state index in [1.54, 1.807) is 18.2 Å². The van der Waals surface area contributed by atoms with E-state index in [9.17, 15) is 9.22 Å². The quantitative estimate of drug-likeness (QED) is 0.149. The van der Waals surface area contributed by atoms with Gasteiger partial charge in [-0.25, -0.2) is 4.98 Å².